The number of benzene rings is 2. The number of anilines is 1. The van der Waals surface area contributed by atoms with E-state index in [1.165, 1.54) is 0 Å². The van der Waals surface area contributed by atoms with Crippen LogP contribution in [0.1, 0.15) is 22.8 Å². The van der Waals surface area contributed by atoms with Crippen molar-refractivity contribution >= 4 is 17.3 Å². The van der Waals surface area contributed by atoms with Crippen LogP contribution in [0.15, 0.2) is 71.4 Å². The molecule has 0 bridgehead atoms. The highest BCUT2D eigenvalue weighted by molar-refractivity contribution is 6.18. The Kier molecular flexibility index (Phi) is 5.14. The summed E-state index contributed by atoms with van der Waals surface area (Å²) in [7, 11) is 0. The number of nitrogens with one attached hydrogen (secondary N) is 1. The molecule has 2 atom stereocenters. The van der Waals surface area contributed by atoms with Crippen LogP contribution in [0, 0.1) is 17.2 Å². The van der Waals surface area contributed by atoms with E-state index in [1.54, 1.807) is 12.1 Å². The van der Waals surface area contributed by atoms with E-state index in [1.807, 2.05) is 55.5 Å². The Bertz CT molecular complexity index is 909. The molecule has 1 aliphatic heterocycles. The average molecular weight is 344 g/mol. The first kappa shape index (κ1) is 17.4. The van der Waals surface area contributed by atoms with Gasteiger partial charge in [0.25, 0.3) is 0 Å². The molecule has 130 valence electrons. The van der Waals surface area contributed by atoms with Crippen molar-refractivity contribution in [1.82, 2.24) is 0 Å². The van der Waals surface area contributed by atoms with Crippen LogP contribution < -0.4 is 11.1 Å². The van der Waals surface area contributed by atoms with Crippen molar-refractivity contribution in [3.63, 3.8) is 0 Å². The minimum Gasteiger partial charge on any atom is -0.386 e. The summed E-state index contributed by atoms with van der Waals surface area (Å²) in [5, 5.41) is 12.5. The van der Waals surface area contributed by atoms with Crippen molar-refractivity contribution in [2.45, 2.75) is 19.4 Å². The lowest BCUT2D eigenvalue weighted by Gasteiger charge is -2.11. The van der Waals surface area contributed by atoms with Crippen LogP contribution in [0.5, 0.6) is 0 Å². The molecule has 5 nitrogen and oxygen atoms in total. The lowest BCUT2D eigenvalue weighted by Crippen LogP contribution is -2.25. The molecule has 0 saturated carbocycles. The Morgan fingerprint density at radius 2 is 1.92 bits per heavy atom. The van der Waals surface area contributed by atoms with Gasteiger partial charge < -0.3 is 11.1 Å². The van der Waals surface area contributed by atoms with Crippen LogP contribution in [0.4, 0.5) is 5.69 Å². The minimum absolute atomic E-state index is 0.0592. The molecule has 2 aromatic carbocycles. The molecule has 0 aliphatic carbocycles. The Hall–Kier alpha value is -3.39. The van der Waals surface area contributed by atoms with Gasteiger partial charge in [-0.25, -0.2) is 0 Å². The van der Waals surface area contributed by atoms with Gasteiger partial charge >= 0.3 is 0 Å². The van der Waals surface area contributed by atoms with E-state index in [0.29, 0.717) is 11.3 Å². The Labute approximate surface area is 152 Å². The third-order valence-electron chi connectivity index (χ3n) is 4.22. The van der Waals surface area contributed by atoms with Gasteiger partial charge in [0.2, 0.25) is 5.78 Å². The second-order valence-electron chi connectivity index (χ2n) is 6.28. The largest absolute Gasteiger partial charge is 0.386 e. The number of nitrogens with zero attached hydrogens (tertiary/aromatic N) is 2. The molecule has 0 saturated heterocycles. The van der Waals surface area contributed by atoms with Crippen LogP contribution in [-0.2, 0) is 6.42 Å². The maximum absolute atomic E-state index is 12.4. The third kappa shape index (κ3) is 3.81. The first-order valence-electron chi connectivity index (χ1n) is 8.47. The van der Waals surface area contributed by atoms with E-state index in [0.717, 1.165) is 17.7 Å². The molecule has 3 N–H and O–H groups in total. The fourth-order valence-electron chi connectivity index (χ4n) is 2.95. The highest BCUT2D eigenvalue weighted by Crippen LogP contribution is 2.28. The molecule has 2 unspecified atom stereocenters. The minimum atomic E-state index is -0.756. The van der Waals surface area contributed by atoms with Crippen LogP contribution in [0.3, 0.4) is 0 Å². The van der Waals surface area contributed by atoms with Gasteiger partial charge in [-0.15, -0.1) is 0 Å². The number of hydrogen-bond acceptors (Lipinski definition) is 4. The number of Topliss-reactive ketones (excluding diaryl/α,β-unsaturated/α-hetero) is 1. The standard InChI is InChI=1S/C21H20N4O/c1-14(11-15-7-3-2-4-8-15)24-21(23)16(13-22)12-19-20(26)17-9-5-6-10-18(17)25-19/h2-10,12,14,16,25H,11H2,1H3,(H2,23,24)/b19-12+. The molecule has 0 aromatic heterocycles. The molecule has 26 heavy (non-hydrogen) atoms. The molecule has 5 heteroatoms. The second kappa shape index (κ2) is 7.66. The predicted molar refractivity (Wildman–Crippen MR) is 103 cm³/mol. The number of allylic oxidation sites excluding steroid dienone is 1. The van der Waals surface area contributed by atoms with Crippen molar-refractivity contribution in [2.24, 2.45) is 16.6 Å². The number of nitriles is 1. The van der Waals surface area contributed by atoms with Crippen LogP contribution >= 0.6 is 0 Å². The summed E-state index contributed by atoms with van der Waals surface area (Å²) in [6, 6.07) is 19.3. The highest BCUT2D eigenvalue weighted by Gasteiger charge is 2.25. The van der Waals surface area contributed by atoms with Gasteiger partial charge in [0.1, 0.15) is 11.8 Å². The predicted octanol–water partition coefficient (Wildman–Crippen LogP) is 3.31. The quantitative estimate of drug-likeness (QED) is 0.494. The molecule has 3 rings (SSSR count). The van der Waals surface area contributed by atoms with Crippen LogP contribution in [0.25, 0.3) is 0 Å². The number of ketones is 1. The SMILES string of the molecule is CC(Cc1ccccc1)N=C(N)C(C#N)/C=C1/Nc2ccccc2C1=O. The van der Waals surface area contributed by atoms with Crippen LogP contribution in [-0.4, -0.2) is 17.7 Å². The van der Waals surface area contributed by atoms with Crippen LogP contribution in [0.2, 0.25) is 0 Å². The molecule has 1 heterocycles. The molecule has 1 aliphatic rings. The number of nitrogens with two attached hydrogens (primary N) is 1. The zero-order chi connectivity index (χ0) is 18.5. The summed E-state index contributed by atoms with van der Waals surface area (Å²) in [5.74, 6) is -0.672. The van der Waals surface area contributed by atoms with E-state index < -0.39 is 5.92 Å². The number of aliphatic imine (C=N–C) groups is 1. The number of carbonyl (C=O) groups excluding carboxylic acids is 1. The van der Waals surface area contributed by atoms with Gasteiger partial charge in [0.15, 0.2) is 0 Å². The zero-order valence-electron chi connectivity index (χ0n) is 14.5. The van der Waals surface area contributed by atoms with E-state index in [4.69, 9.17) is 5.73 Å². The van der Waals surface area contributed by atoms with Gasteiger partial charge in [0, 0.05) is 11.3 Å². The smallest absolute Gasteiger partial charge is 0.210 e. The summed E-state index contributed by atoms with van der Waals surface area (Å²) >= 11 is 0. The van der Waals surface area contributed by atoms with E-state index in [2.05, 4.69) is 16.4 Å². The molecular weight excluding hydrogens is 324 g/mol. The molecule has 0 fully saturated rings. The highest BCUT2D eigenvalue weighted by atomic mass is 16.1. The summed E-state index contributed by atoms with van der Waals surface area (Å²) in [5.41, 5.74) is 8.93. The Morgan fingerprint density at radius 3 is 2.62 bits per heavy atom. The topological polar surface area (TPSA) is 91.3 Å². The number of carbonyl (C=O) groups is 1. The molecule has 0 amide bonds. The molecule has 0 spiro atoms. The lowest BCUT2D eigenvalue weighted by atomic mass is 10.0. The second-order valence-corrected chi connectivity index (χ2v) is 6.28. The van der Waals surface area contributed by atoms with E-state index in [-0.39, 0.29) is 17.7 Å². The summed E-state index contributed by atoms with van der Waals surface area (Å²) < 4.78 is 0. The fourth-order valence-corrected chi connectivity index (χ4v) is 2.95. The first-order chi connectivity index (χ1) is 12.6. The first-order valence-corrected chi connectivity index (χ1v) is 8.47. The number of fused-ring (bicyclic) bond motifs is 1. The average Bonchev–Trinajstić information content (AvgIpc) is 2.96. The van der Waals surface area contributed by atoms with Gasteiger partial charge in [-0.2, -0.15) is 5.26 Å². The maximum Gasteiger partial charge on any atom is 0.210 e. The number of amidine groups is 1. The molecule has 2 aromatic rings. The van der Waals surface area contributed by atoms with Crippen molar-refractivity contribution in [2.75, 3.05) is 5.32 Å². The lowest BCUT2D eigenvalue weighted by molar-refractivity contribution is 0.104. The Balaban J connectivity index is 1.75. The van der Waals surface area contributed by atoms with Crippen molar-refractivity contribution < 1.29 is 4.79 Å². The number of hydrogen-bond donors (Lipinski definition) is 2. The van der Waals surface area contributed by atoms with E-state index >= 15 is 0 Å². The number of rotatable bonds is 5. The summed E-state index contributed by atoms with van der Waals surface area (Å²) in [6.45, 7) is 1.95. The van der Waals surface area contributed by atoms with Crippen molar-refractivity contribution in [1.29, 1.82) is 5.26 Å². The fraction of sp³-hybridized carbons (Fsp3) is 0.190. The molecular formula is C21H20N4O. The normalized spacial score (nSPS) is 17.3. The van der Waals surface area contributed by atoms with Gasteiger partial charge in [-0.05, 0) is 37.1 Å². The maximum atomic E-state index is 12.4. The van der Waals surface area contributed by atoms with Crippen molar-refractivity contribution in [3.8, 4) is 6.07 Å². The zero-order valence-corrected chi connectivity index (χ0v) is 14.5. The van der Waals surface area contributed by atoms with Crippen molar-refractivity contribution in [3.05, 3.63) is 77.5 Å². The number of para-hydroxylation sites is 1. The van der Waals surface area contributed by atoms with Gasteiger partial charge in [-0.1, -0.05) is 42.5 Å². The van der Waals surface area contributed by atoms with Gasteiger partial charge in [-0.3, -0.25) is 9.79 Å². The third-order valence-corrected chi connectivity index (χ3v) is 4.22. The van der Waals surface area contributed by atoms with Gasteiger partial charge in [0.05, 0.1) is 17.8 Å². The Morgan fingerprint density at radius 1 is 1.23 bits per heavy atom. The summed E-state index contributed by atoms with van der Waals surface area (Å²) in [6.07, 6.45) is 2.29. The van der Waals surface area contributed by atoms with E-state index in [9.17, 15) is 10.1 Å². The molecule has 0 radical (unpaired) electrons. The monoisotopic (exact) mass is 344 g/mol. The summed E-state index contributed by atoms with van der Waals surface area (Å²) in [4.78, 5) is 16.9.